The summed E-state index contributed by atoms with van der Waals surface area (Å²) in [7, 11) is 0. The van der Waals surface area contributed by atoms with Crippen LogP contribution in [0, 0.1) is 0 Å². The fourth-order valence-corrected chi connectivity index (χ4v) is 2.84. The lowest BCUT2D eigenvalue weighted by atomic mass is 10.1. The second kappa shape index (κ2) is 5.79. The molecule has 0 aliphatic carbocycles. The third-order valence-electron chi connectivity index (χ3n) is 3.34. The molecule has 2 aromatic heterocycles. The van der Waals surface area contributed by atoms with Gasteiger partial charge in [0.1, 0.15) is 5.01 Å². The minimum atomic E-state index is -0.148. The van der Waals surface area contributed by atoms with Gasteiger partial charge in [-0.25, -0.2) is 9.67 Å². The predicted molar refractivity (Wildman–Crippen MR) is 85.5 cm³/mol. The second-order valence-corrected chi connectivity index (χ2v) is 6.30. The van der Waals surface area contributed by atoms with Crippen LogP contribution in [-0.4, -0.2) is 14.8 Å². The van der Waals surface area contributed by atoms with E-state index in [4.69, 9.17) is 0 Å². The highest BCUT2D eigenvalue weighted by Gasteiger charge is 2.22. The van der Waals surface area contributed by atoms with Crippen LogP contribution in [0.1, 0.15) is 24.5 Å². The fraction of sp³-hybridized carbons (Fsp3) is 0.250. The van der Waals surface area contributed by atoms with Crippen molar-refractivity contribution in [3.8, 4) is 5.69 Å². The van der Waals surface area contributed by atoms with Gasteiger partial charge < -0.3 is 5.32 Å². The molecular weight excluding hydrogens is 280 g/mol. The van der Waals surface area contributed by atoms with Gasteiger partial charge in [0.25, 0.3) is 0 Å². The molecule has 3 rings (SSSR count). The van der Waals surface area contributed by atoms with E-state index < -0.39 is 0 Å². The van der Waals surface area contributed by atoms with Crippen LogP contribution in [0.5, 0.6) is 0 Å². The molecule has 0 saturated heterocycles. The first-order valence-corrected chi connectivity index (χ1v) is 7.78. The molecule has 0 bridgehead atoms. The number of aromatic nitrogens is 3. The summed E-state index contributed by atoms with van der Waals surface area (Å²) in [4.78, 5) is 4.38. The molecular formula is C16H18N4S. The number of nitrogens with zero attached hydrogens (tertiary/aromatic N) is 3. The van der Waals surface area contributed by atoms with Gasteiger partial charge in [0.15, 0.2) is 0 Å². The van der Waals surface area contributed by atoms with E-state index in [1.807, 2.05) is 58.9 Å². The first-order chi connectivity index (χ1) is 10.1. The van der Waals surface area contributed by atoms with Crippen molar-refractivity contribution < 1.29 is 0 Å². The largest absolute Gasteiger partial charge is 0.300 e. The molecule has 0 aliphatic rings. The van der Waals surface area contributed by atoms with E-state index in [2.05, 4.69) is 29.2 Å². The Hall–Kier alpha value is -1.98. The summed E-state index contributed by atoms with van der Waals surface area (Å²) in [6.07, 6.45) is 3.83. The highest BCUT2D eigenvalue weighted by molar-refractivity contribution is 7.09. The summed E-state index contributed by atoms with van der Waals surface area (Å²) in [5.74, 6) is 0. The Labute approximate surface area is 128 Å². The molecule has 2 heterocycles. The maximum Gasteiger partial charge on any atom is 0.112 e. The molecule has 0 atom stereocenters. The zero-order valence-electron chi connectivity index (χ0n) is 12.2. The first-order valence-electron chi connectivity index (χ1n) is 6.90. The molecule has 0 amide bonds. The van der Waals surface area contributed by atoms with Crippen molar-refractivity contribution in [2.45, 2.75) is 25.9 Å². The molecule has 0 unspecified atom stereocenters. The molecule has 5 heteroatoms. The van der Waals surface area contributed by atoms with Crippen molar-refractivity contribution in [1.29, 1.82) is 0 Å². The van der Waals surface area contributed by atoms with Crippen LogP contribution in [-0.2, 0) is 12.1 Å². The van der Waals surface area contributed by atoms with Gasteiger partial charge in [-0.2, -0.15) is 5.10 Å². The second-order valence-electron chi connectivity index (χ2n) is 5.40. The molecule has 4 nitrogen and oxygen atoms in total. The Morgan fingerprint density at radius 3 is 2.71 bits per heavy atom. The minimum absolute atomic E-state index is 0.148. The van der Waals surface area contributed by atoms with Crippen LogP contribution in [0.2, 0.25) is 0 Å². The number of rotatable bonds is 5. The number of hydrogen-bond acceptors (Lipinski definition) is 4. The summed E-state index contributed by atoms with van der Waals surface area (Å²) in [6.45, 7) is 4.99. The normalized spacial score (nSPS) is 11.7. The van der Waals surface area contributed by atoms with E-state index in [0.29, 0.717) is 6.54 Å². The lowest BCUT2D eigenvalue weighted by Gasteiger charge is -2.23. The van der Waals surface area contributed by atoms with E-state index in [-0.39, 0.29) is 5.54 Å². The van der Waals surface area contributed by atoms with Crippen LogP contribution in [0.25, 0.3) is 5.69 Å². The first kappa shape index (κ1) is 14.0. The van der Waals surface area contributed by atoms with Crippen molar-refractivity contribution in [3.05, 3.63) is 64.9 Å². The molecule has 0 fully saturated rings. The van der Waals surface area contributed by atoms with Crippen LogP contribution < -0.4 is 5.32 Å². The fourth-order valence-electron chi connectivity index (χ4n) is 2.10. The predicted octanol–water partition coefficient (Wildman–Crippen LogP) is 3.35. The SMILES string of the molecule is CC(C)(NCc1ccn(-c2ccccc2)n1)c1nccs1. The lowest BCUT2D eigenvalue weighted by Crippen LogP contribution is -2.35. The van der Waals surface area contributed by atoms with Crippen molar-refractivity contribution >= 4 is 11.3 Å². The van der Waals surface area contributed by atoms with Gasteiger partial charge in [-0.1, -0.05) is 18.2 Å². The van der Waals surface area contributed by atoms with Gasteiger partial charge in [-0.05, 0) is 32.0 Å². The number of hydrogen-bond donors (Lipinski definition) is 1. The maximum atomic E-state index is 4.60. The standard InChI is InChI=1S/C16H18N4S/c1-16(2,15-17-9-11-21-15)18-12-13-8-10-20(19-13)14-6-4-3-5-7-14/h3-11,18H,12H2,1-2H3. The molecule has 1 aromatic carbocycles. The molecule has 3 aromatic rings. The number of para-hydroxylation sites is 1. The molecule has 1 N–H and O–H groups in total. The molecule has 0 aliphatic heterocycles. The summed E-state index contributed by atoms with van der Waals surface area (Å²) in [5, 5.41) is 11.2. The van der Waals surface area contributed by atoms with Crippen molar-refractivity contribution in [2.75, 3.05) is 0 Å². The molecule has 108 valence electrons. The number of benzene rings is 1. The zero-order valence-corrected chi connectivity index (χ0v) is 13.0. The lowest BCUT2D eigenvalue weighted by molar-refractivity contribution is 0.396. The molecule has 21 heavy (non-hydrogen) atoms. The number of thiazole rings is 1. The highest BCUT2D eigenvalue weighted by atomic mass is 32.1. The Kier molecular flexibility index (Phi) is 3.86. The molecule has 0 spiro atoms. The van der Waals surface area contributed by atoms with E-state index in [1.165, 1.54) is 0 Å². The Morgan fingerprint density at radius 2 is 2.00 bits per heavy atom. The zero-order chi connectivity index (χ0) is 14.7. The highest BCUT2D eigenvalue weighted by Crippen LogP contribution is 2.22. The van der Waals surface area contributed by atoms with Crippen molar-refractivity contribution in [2.24, 2.45) is 0 Å². The summed E-state index contributed by atoms with van der Waals surface area (Å²) in [5.41, 5.74) is 1.94. The monoisotopic (exact) mass is 298 g/mol. The minimum Gasteiger partial charge on any atom is -0.300 e. The van der Waals surface area contributed by atoms with Gasteiger partial charge >= 0.3 is 0 Å². The molecule has 0 saturated carbocycles. The van der Waals surface area contributed by atoms with Gasteiger partial charge in [0.2, 0.25) is 0 Å². The maximum absolute atomic E-state index is 4.60. The number of nitrogens with one attached hydrogen (secondary N) is 1. The van der Waals surface area contributed by atoms with Gasteiger partial charge in [-0.15, -0.1) is 11.3 Å². The summed E-state index contributed by atoms with van der Waals surface area (Å²) in [6, 6.07) is 12.2. The average molecular weight is 298 g/mol. The Balaban J connectivity index is 1.68. The van der Waals surface area contributed by atoms with Crippen molar-refractivity contribution in [3.63, 3.8) is 0 Å². The van der Waals surface area contributed by atoms with E-state index in [1.54, 1.807) is 11.3 Å². The average Bonchev–Trinajstić information content (AvgIpc) is 3.18. The van der Waals surface area contributed by atoms with Crippen LogP contribution >= 0.6 is 11.3 Å². The third kappa shape index (κ3) is 3.20. The van der Waals surface area contributed by atoms with E-state index in [0.717, 1.165) is 16.4 Å². The summed E-state index contributed by atoms with van der Waals surface area (Å²) < 4.78 is 1.90. The van der Waals surface area contributed by atoms with E-state index in [9.17, 15) is 0 Å². The van der Waals surface area contributed by atoms with Crippen molar-refractivity contribution in [1.82, 2.24) is 20.1 Å². The van der Waals surface area contributed by atoms with Crippen LogP contribution in [0.4, 0.5) is 0 Å². The topological polar surface area (TPSA) is 42.7 Å². The van der Waals surface area contributed by atoms with Gasteiger partial charge in [0, 0.05) is 24.3 Å². The van der Waals surface area contributed by atoms with Crippen LogP contribution in [0.15, 0.2) is 54.2 Å². The molecule has 0 radical (unpaired) electrons. The van der Waals surface area contributed by atoms with Gasteiger partial charge in [-0.3, -0.25) is 0 Å². The Bertz CT molecular complexity index is 686. The summed E-state index contributed by atoms with van der Waals surface area (Å²) >= 11 is 1.67. The smallest absolute Gasteiger partial charge is 0.112 e. The van der Waals surface area contributed by atoms with E-state index >= 15 is 0 Å². The Morgan fingerprint density at radius 1 is 1.19 bits per heavy atom. The van der Waals surface area contributed by atoms with Crippen LogP contribution in [0.3, 0.4) is 0 Å². The van der Waals surface area contributed by atoms with Gasteiger partial charge in [0.05, 0.1) is 16.9 Å². The third-order valence-corrected chi connectivity index (χ3v) is 4.44. The quantitative estimate of drug-likeness (QED) is 0.785.